The van der Waals surface area contributed by atoms with Crippen LogP contribution in [0.25, 0.3) is 11.4 Å². The maximum Gasteiger partial charge on any atom is 0.254 e. The minimum Gasteiger partial charge on any atom is -0.306 e. The van der Waals surface area contributed by atoms with Crippen LogP contribution in [0.2, 0.25) is 0 Å². The van der Waals surface area contributed by atoms with Crippen LogP contribution in [0.5, 0.6) is 0 Å². The van der Waals surface area contributed by atoms with Gasteiger partial charge in [0.1, 0.15) is 5.82 Å². The standard InChI is InChI=1S/C19H19N5O/c25-19-16-6-10-24(13-15-5-1-2-9-21-15)11-7-17(16)22-18(23-19)14-4-3-8-20-12-14/h1-5,8-9,12H,6-7,10-11,13H2,(H,22,23,25). The molecule has 6 nitrogen and oxygen atoms in total. The van der Waals surface area contributed by atoms with Crippen LogP contribution in [0.15, 0.2) is 53.7 Å². The molecule has 1 N–H and O–H groups in total. The van der Waals surface area contributed by atoms with Crippen LogP contribution < -0.4 is 5.56 Å². The fourth-order valence-corrected chi connectivity index (χ4v) is 3.17. The van der Waals surface area contributed by atoms with Crippen molar-refractivity contribution in [3.63, 3.8) is 0 Å². The zero-order chi connectivity index (χ0) is 17.1. The summed E-state index contributed by atoms with van der Waals surface area (Å²) in [6.07, 6.45) is 6.71. The predicted molar refractivity (Wildman–Crippen MR) is 95.0 cm³/mol. The fourth-order valence-electron chi connectivity index (χ4n) is 3.17. The summed E-state index contributed by atoms with van der Waals surface area (Å²) in [4.78, 5) is 31.0. The normalized spacial score (nSPS) is 14.7. The van der Waals surface area contributed by atoms with E-state index in [-0.39, 0.29) is 5.56 Å². The SMILES string of the molecule is O=c1[nH]c(-c2cccnc2)nc2c1CCN(Cc1ccccn1)CC2. The Morgan fingerprint density at radius 3 is 2.80 bits per heavy atom. The molecule has 0 atom stereocenters. The molecule has 0 bridgehead atoms. The fraction of sp³-hybridized carbons (Fsp3) is 0.263. The van der Waals surface area contributed by atoms with E-state index >= 15 is 0 Å². The summed E-state index contributed by atoms with van der Waals surface area (Å²) >= 11 is 0. The van der Waals surface area contributed by atoms with Gasteiger partial charge < -0.3 is 4.98 Å². The summed E-state index contributed by atoms with van der Waals surface area (Å²) in [6, 6.07) is 9.70. The number of nitrogens with one attached hydrogen (secondary N) is 1. The molecule has 1 aliphatic heterocycles. The van der Waals surface area contributed by atoms with Crippen LogP contribution in [0, 0.1) is 0 Å². The zero-order valence-electron chi connectivity index (χ0n) is 13.9. The lowest BCUT2D eigenvalue weighted by Gasteiger charge is -2.18. The number of hydrogen-bond acceptors (Lipinski definition) is 5. The van der Waals surface area contributed by atoms with E-state index in [1.807, 2.05) is 36.5 Å². The van der Waals surface area contributed by atoms with E-state index in [9.17, 15) is 4.79 Å². The molecule has 0 radical (unpaired) electrons. The third-order valence-corrected chi connectivity index (χ3v) is 4.49. The molecule has 3 aromatic heterocycles. The van der Waals surface area contributed by atoms with Crippen molar-refractivity contribution < 1.29 is 0 Å². The molecule has 4 heterocycles. The molecule has 0 amide bonds. The Bertz CT molecular complexity index is 908. The molecule has 6 heteroatoms. The molecule has 25 heavy (non-hydrogen) atoms. The van der Waals surface area contributed by atoms with Crippen LogP contribution in [0.4, 0.5) is 0 Å². The summed E-state index contributed by atoms with van der Waals surface area (Å²) in [5.41, 5.74) is 3.54. The highest BCUT2D eigenvalue weighted by atomic mass is 16.1. The Hall–Kier alpha value is -2.86. The number of fused-ring (bicyclic) bond motifs is 1. The molecule has 4 rings (SSSR count). The van der Waals surface area contributed by atoms with Crippen molar-refractivity contribution in [2.24, 2.45) is 0 Å². The van der Waals surface area contributed by atoms with E-state index in [2.05, 4.69) is 19.9 Å². The van der Waals surface area contributed by atoms with Gasteiger partial charge >= 0.3 is 0 Å². The van der Waals surface area contributed by atoms with Gasteiger partial charge in [-0.3, -0.25) is 19.7 Å². The largest absolute Gasteiger partial charge is 0.306 e. The van der Waals surface area contributed by atoms with Crippen LogP contribution in [0.3, 0.4) is 0 Å². The van der Waals surface area contributed by atoms with Crippen molar-refractivity contribution in [1.29, 1.82) is 0 Å². The molecule has 0 saturated carbocycles. The number of H-pyrrole nitrogens is 1. The third-order valence-electron chi connectivity index (χ3n) is 4.49. The van der Waals surface area contributed by atoms with Crippen molar-refractivity contribution in [2.75, 3.05) is 13.1 Å². The monoisotopic (exact) mass is 333 g/mol. The van der Waals surface area contributed by atoms with Crippen LogP contribution >= 0.6 is 0 Å². The Kier molecular flexibility index (Phi) is 4.35. The number of hydrogen-bond donors (Lipinski definition) is 1. The smallest absolute Gasteiger partial charge is 0.254 e. The summed E-state index contributed by atoms with van der Waals surface area (Å²) < 4.78 is 0. The molecule has 0 spiro atoms. The highest BCUT2D eigenvalue weighted by molar-refractivity contribution is 5.53. The first-order valence-corrected chi connectivity index (χ1v) is 8.44. The van der Waals surface area contributed by atoms with Crippen LogP contribution in [0.1, 0.15) is 17.0 Å². The quantitative estimate of drug-likeness (QED) is 0.791. The predicted octanol–water partition coefficient (Wildman–Crippen LogP) is 1.83. The first kappa shape index (κ1) is 15.7. The van der Waals surface area contributed by atoms with Crippen LogP contribution in [-0.4, -0.2) is 37.9 Å². The van der Waals surface area contributed by atoms with E-state index in [0.29, 0.717) is 12.2 Å². The average molecular weight is 333 g/mol. The minimum atomic E-state index is -0.0384. The van der Waals surface area contributed by atoms with Crippen molar-refractivity contribution in [3.8, 4) is 11.4 Å². The van der Waals surface area contributed by atoms with Gasteiger partial charge in [-0.25, -0.2) is 4.98 Å². The zero-order valence-corrected chi connectivity index (χ0v) is 13.9. The second kappa shape index (κ2) is 6.94. The number of pyridine rings is 2. The molecule has 0 aromatic carbocycles. The summed E-state index contributed by atoms with van der Waals surface area (Å²) in [6.45, 7) is 2.50. The maximum absolute atomic E-state index is 12.5. The molecular formula is C19H19N5O. The lowest BCUT2D eigenvalue weighted by Crippen LogP contribution is -2.26. The first-order chi connectivity index (χ1) is 12.3. The number of aromatic amines is 1. The summed E-state index contributed by atoms with van der Waals surface area (Å²) in [7, 11) is 0. The molecular weight excluding hydrogens is 314 g/mol. The lowest BCUT2D eigenvalue weighted by molar-refractivity contribution is 0.275. The van der Waals surface area contributed by atoms with Gasteiger partial charge in [-0.2, -0.15) is 0 Å². The third kappa shape index (κ3) is 3.49. The van der Waals surface area contributed by atoms with Gasteiger partial charge in [0.15, 0.2) is 0 Å². The minimum absolute atomic E-state index is 0.0384. The number of nitrogens with zero attached hydrogens (tertiary/aromatic N) is 4. The number of aromatic nitrogens is 4. The Morgan fingerprint density at radius 1 is 1.08 bits per heavy atom. The Morgan fingerprint density at radius 2 is 2.00 bits per heavy atom. The van der Waals surface area contributed by atoms with Gasteiger partial charge in [0, 0.05) is 55.8 Å². The molecule has 0 unspecified atom stereocenters. The molecule has 3 aromatic rings. The summed E-state index contributed by atoms with van der Waals surface area (Å²) in [5.74, 6) is 0.593. The van der Waals surface area contributed by atoms with Gasteiger partial charge in [0.25, 0.3) is 5.56 Å². The van der Waals surface area contributed by atoms with E-state index < -0.39 is 0 Å². The second-order valence-electron chi connectivity index (χ2n) is 6.18. The van der Waals surface area contributed by atoms with Crippen molar-refractivity contribution in [1.82, 2.24) is 24.8 Å². The molecule has 1 aliphatic rings. The first-order valence-electron chi connectivity index (χ1n) is 8.44. The van der Waals surface area contributed by atoms with Crippen molar-refractivity contribution in [3.05, 3.63) is 76.2 Å². The van der Waals surface area contributed by atoms with Gasteiger partial charge in [-0.1, -0.05) is 6.07 Å². The lowest BCUT2D eigenvalue weighted by atomic mass is 10.1. The van der Waals surface area contributed by atoms with Crippen molar-refractivity contribution in [2.45, 2.75) is 19.4 Å². The Balaban J connectivity index is 1.57. The molecule has 0 saturated heterocycles. The maximum atomic E-state index is 12.5. The second-order valence-corrected chi connectivity index (χ2v) is 6.18. The van der Waals surface area contributed by atoms with Gasteiger partial charge in [-0.05, 0) is 30.7 Å². The van der Waals surface area contributed by atoms with Gasteiger partial charge in [-0.15, -0.1) is 0 Å². The van der Waals surface area contributed by atoms with E-state index in [4.69, 9.17) is 4.98 Å². The Labute approximate surface area is 145 Å². The summed E-state index contributed by atoms with van der Waals surface area (Å²) in [5, 5.41) is 0. The number of rotatable bonds is 3. The average Bonchev–Trinajstić information content (AvgIpc) is 2.86. The molecule has 0 aliphatic carbocycles. The highest BCUT2D eigenvalue weighted by Crippen LogP contribution is 2.17. The van der Waals surface area contributed by atoms with Gasteiger partial charge in [0.05, 0.1) is 11.4 Å². The highest BCUT2D eigenvalue weighted by Gasteiger charge is 2.19. The van der Waals surface area contributed by atoms with E-state index in [1.54, 1.807) is 12.4 Å². The van der Waals surface area contributed by atoms with E-state index in [1.165, 1.54) is 0 Å². The van der Waals surface area contributed by atoms with Gasteiger partial charge in [0.2, 0.25) is 0 Å². The molecule has 126 valence electrons. The topological polar surface area (TPSA) is 74.8 Å². The van der Waals surface area contributed by atoms with E-state index in [0.717, 1.165) is 48.6 Å². The molecule has 0 fully saturated rings. The van der Waals surface area contributed by atoms with Crippen LogP contribution in [-0.2, 0) is 19.4 Å². The van der Waals surface area contributed by atoms with Crippen molar-refractivity contribution >= 4 is 0 Å².